The summed E-state index contributed by atoms with van der Waals surface area (Å²) in [5.41, 5.74) is 9.10. The summed E-state index contributed by atoms with van der Waals surface area (Å²) in [4.78, 5) is 2.58. The molecule has 1 aromatic rings. The summed E-state index contributed by atoms with van der Waals surface area (Å²) >= 11 is 0. The Morgan fingerprint density at radius 3 is 2.10 bits per heavy atom. The Balaban J connectivity index is 2.12. The van der Waals surface area contributed by atoms with Gasteiger partial charge in [-0.3, -0.25) is 4.90 Å². The highest BCUT2D eigenvalue weighted by Crippen LogP contribution is 2.27. The molecular formula is C18H30N2. The Labute approximate surface area is 124 Å². The molecule has 2 nitrogen and oxygen atoms in total. The molecule has 1 fully saturated rings. The van der Waals surface area contributed by atoms with Gasteiger partial charge in [0.1, 0.15) is 0 Å². The normalized spacial score (nSPS) is 20.1. The average Bonchev–Trinajstić information content (AvgIpc) is 2.41. The van der Waals surface area contributed by atoms with Crippen LogP contribution in [0.25, 0.3) is 0 Å². The van der Waals surface area contributed by atoms with Crippen molar-refractivity contribution in [2.45, 2.75) is 58.5 Å². The Hall–Kier alpha value is -0.860. The van der Waals surface area contributed by atoms with E-state index in [0.29, 0.717) is 12.0 Å². The maximum atomic E-state index is 6.28. The molecule has 1 aromatic carbocycles. The van der Waals surface area contributed by atoms with Gasteiger partial charge in [-0.1, -0.05) is 44.5 Å². The third kappa shape index (κ3) is 4.07. The van der Waals surface area contributed by atoms with E-state index in [1.807, 2.05) is 0 Å². The predicted molar refractivity (Wildman–Crippen MR) is 86.8 cm³/mol. The second kappa shape index (κ2) is 7.24. The third-order valence-corrected chi connectivity index (χ3v) is 4.25. The van der Waals surface area contributed by atoms with Gasteiger partial charge in [-0.05, 0) is 56.3 Å². The van der Waals surface area contributed by atoms with Crippen molar-refractivity contribution >= 4 is 0 Å². The number of piperidine rings is 1. The average molecular weight is 274 g/mol. The van der Waals surface area contributed by atoms with Gasteiger partial charge in [0.05, 0.1) is 0 Å². The van der Waals surface area contributed by atoms with Gasteiger partial charge in [0.15, 0.2) is 0 Å². The van der Waals surface area contributed by atoms with E-state index < -0.39 is 0 Å². The molecule has 0 saturated carbocycles. The van der Waals surface area contributed by atoms with Gasteiger partial charge < -0.3 is 5.73 Å². The van der Waals surface area contributed by atoms with Crippen molar-refractivity contribution in [2.75, 3.05) is 13.1 Å². The zero-order valence-electron chi connectivity index (χ0n) is 13.3. The van der Waals surface area contributed by atoms with E-state index in [0.717, 1.165) is 6.42 Å². The number of rotatable bonds is 5. The molecule has 2 unspecified atom stereocenters. The topological polar surface area (TPSA) is 29.3 Å². The van der Waals surface area contributed by atoms with Gasteiger partial charge in [-0.2, -0.15) is 0 Å². The fraction of sp³-hybridized carbons (Fsp3) is 0.667. The zero-order valence-corrected chi connectivity index (χ0v) is 13.3. The van der Waals surface area contributed by atoms with Crippen LogP contribution in [0, 0.1) is 5.92 Å². The van der Waals surface area contributed by atoms with Crippen LogP contribution in [-0.2, 0) is 6.42 Å². The standard InChI is InChI=1S/C18H30N2/c1-14(2)13-16-7-9-17(10-8-16)18(15(3)19)20-11-5-4-6-12-20/h7-10,14-15,18H,4-6,11-13,19H2,1-3H3. The van der Waals surface area contributed by atoms with Crippen molar-refractivity contribution in [3.63, 3.8) is 0 Å². The fourth-order valence-electron chi connectivity index (χ4n) is 3.37. The summed E-state index contributed by atoms with van der Waals surface area (Å²) in [5.74, 6) is 0.715. The second-order valence-corrected chi connectivity index (χ2v) is 6.74. The lowest BCUT2D eigenvalue weighted by Gasteiger charge is -2.37. The lowest BCUT2D eigenvalue weighted by atomic mass is 9.94. The van der Waals surface area contributed by atoms with Crippen LogP contribution in [0.4, 0.5) is 0 Å². The first kappa shape index (κ1) is 15.5. The Kier molecular flexibility index (Phi) is 5.62. The van der Waals surface area contributed by atoms with Gasteiger partial charge in [0, 0.05) is 12.1 Å². The number of hydrogen-bond donors (Lipinski definition) is 1. The molecule has 0 amide bonds. The van der Waals surface area contributed by atoms with Gasteiger partial charge >= 0.3 is 0 Å². The van der Waals surface area contributed by atoms with Gasteiger partial charge in [0.2, 0.25) is 0 Å². The first-order valence-corrected chi connectivity index (χ1v) is 8.16. The predicted octanol–water partition coefficient (Wildman–Crippen LogP) is 3.76. The minimum Gasteiger partial charge on any atom is -0.326 e. The second-order valence-electron chi connectivity index (χ2n) is 6.74. The maximum absolute atomic E-state index is 6.28. The Morgan fingerprint density at radius 2 is 1.60 bits per heavy atom. The minimum absolute atomic E-state index is 0.184. The lowest BCUT2D eigenvalue weighted by Crippen LogP contribution is -2.42. The summed E-state index contributed by atoms with van der Waals surface area (Å²) in [6.07, 6.45) is 5.16. The van der Waals surface area contributed by atoms with Gasteiger partial charge in [-0.15, -0.1) is 0 Å². The smallest absolute Gasteiger partial charge is 0.0496 e. The van der Waals surface area contributed by atoms with Crippen LogP contribution in [0.5, 0.6) is 0 Å². The Bertz CT molecular complexity index is 388. The molecule has 1 aliphatic heterocycles. The van der Waals surface area contributed by atoms with E-state index in [-0.39, 0.29) is 6.04 Å². The number of nitrogens with zero attached hydrogens (tertiary/aromatic N) is 1. The number of nitrogens with two attached hydrogens (primary N) is 1. The van der Waals surface area contributed by atoms with Crippen LogP contribution in [0.3, 0.4) is 0 Å². The van der Waals surface area contributed by atoms with E-state index in [1.54, 1.807) is 0 Å². The fourth-order valence-corrected chi connectivity index (χ4v) is 3.37. The first-order valence-electron chi connectivity index (χ1n) is 8.16. The summed E-state index contributed by atoms with van der Waals surface area (Å²) in [6, 6.07) is 9.72. The first-order chi connectivity index (χ1) is 9.58. The zero-order chi connectivity index (χ0) is 14.5. The molecule has 1 aliphatic rings. The number of likely N-dealkylation sites (tertiary alicyclic amines) is 1. The highest BCUT2D eigenvalue weighted by atomic mass is 15.2. The van der Waals surface area contributed by atoms with Crippen LogP contribution >= 0.6 is 0 Å². The molecule has 0 aromatic heterocycles. The molecule has 20 heavy (non-hydrogen) atoms. The van der Waals surface area contributed by atoms with Crippen LogP contribution in [-0.4, -0.2) is 24.0 Å². The summed E-state index contributed by atoms with van der Waals surface area (Å²) in [6.45, 7) is 9.07. The molecule has 0 radical (unpaired) electrons. The van der Waals surface area contributed by atoms with E-state index in [2.05, 4.69) is 49.9 Å². The molecule has 1 saturated heterocycles. The van der Waals surface area contributed by atoms with Crippen molar-refractivity contribution in [3.05, 3.63) is 35.4 Å². The lowest BCUT2D eigenvalue weighted by molar-refractivity contribution is 0.146. The highest BCUT2D eigenvalue weighted by molar-refractivity contribution is 5.26. The molecule has 1 heterocycles. The van der Waals surface area contributed by atoms with Crippen LogP contribution < -0.4 is 5.73 Å². The SMILES string of the molecule is CC(C)Cc1ccc(C(C(C)N)N2CCCCC2)cc1. The van der Waals surface area contributed by atoms with Crippen LogP contribution in [0.2, 0.25) is 0 Å². The quantitative estimate of drug-likeness (QED) is 0.886. The third-order valence-electron chi connectivity index (χ3n) is 4.25. The van der Waals surface area contributed by atoms with Crippen molar-refractivity contribution in [2.24, 2.45) is 11.7 Å². The molecule has 0 spiro atoms. The largest absolute Gasteiger partial charge is 0.326 e. The van der Waals surface area contributed by atoms with Crippen LogP contribution in [0.1, 0.15) is 57.2 Å². The van der Waals surface area contributed by atoms with Crippen LogP contribution in [0.15, 0.2) is 24.3 Å². The molecule has 0 bridgehead atoms. The maximum Gasteiger partial charge on any atom is 0.0496 e. The summed E-state index contributed by atoms with van der Waals surface area (Å²) in [7, 11) is 0. The summed E-state index contributed by atoms with van der Waals surface area (Å²) in [5, 5.41) is 0. The number of hydrogen-bond acceptors (Lipinski definition) is 2. The van der Waals surface area contributed by atoms with Crippen molar-refractivity contribution in [3.8, 4) is 0 Å². The molecule has 0 aliphatic carbocycles. The molecule has 2 rings (SSSR count). The Morgan fingerprint density at radius 1 is 1.00 bits per heavy atom. The van der Waals surface area contributed by atoms with Gasteiger partial charge in [0.25, 0.3) is 0 Å². The molecule has 112 valence electrons. The summed E-state index contributed by atoms with van der Waals surface area (Å²) < 4.78 is 0. The van der Waals surface area contributed by atoms with Crippen molar-refractivity contribution in [1.82, 2.24) is 4.90 Å². The number of benzene rings is 1. The molecule has 2 heteroatoms. The highest BCUT2D eigenvalue weighted by Gasteiger charge is 2.25. The molecule has 2 N–H and O–H groups in total. The van der Waals surface area contributed by atoms with E-state index in [4.69, 9.17) is 5.73 Å². The monoisotopic (exact) mass is 274 g/mol. The van der Waals surface area contributed by atoms with E-state index >= 15 is 0 Å². The molecular weight excluding hydrogens is 244 g/mol. The van der Waals surface area contributed by atoms with Crippen molar-refractivity contribution < 1.29 is 0 Å². The molecule has 2 atom stereocenters. The van der Waals surface area contributed by atoms with Crippen molar-refractivity contribution in [1.29, 1.82) is 0 Å². The minimum atomic E-state index is 0.184. The van der Waals surface area contributed by atoms with E-state index in [9.17, 15) is 0 Å². The van der Waals surface area contributed by atoms with Gasteiger partial charge in [-0.25, -0.2) is 0 Å². The van der Waals surface area contributed by atoms with E-state index in [1.165, 1.54) is 43.5 Å².